The third-order valence-electron chi connectivity index (χ3n) is 3.54. The van der Waals surface area contributed by atoms with E-state index in [1.165, 1.54) is 12.1 Å². The van der Waals surface area contributed by atoms with E-state index in [0.717, 1.165) is 5.56 Å². The molecule has 2 rings (SSSR count). The van der Waals surface area contributed by atoms with Gasteiger partial charge in [-0.2, -0.15) is 0 Å². The second kappa shape index (κ2) is 8.91. The molecule has 5 heteroatoms. The third-order valence-corrected chi connectivity index (χ3v) is 3.54. The van der Waals surface area contributed by atoms with Crippen molar-refractivity contribution in [2.45, 2.75) is 26.4 Å². The van der Waals surface area contributed by atoms with Crippen molar-refractivity contribution in [2.75, 3.05) is 13.2 Å². The van der Waals surface area contributed by atoms with Crippen molar-refractivity contribution in [3.05, 3.63) is 66.0 Å². The molecule has 0 bridgehead atoms. The molecule has 0 unspecified atom stereocenters. The summed E-state index contributed by atoms with van der Waals surface area (Å²) in [7, 11) is 0. The van der Waals surface area contributed by atoms with Crippen LogP contribution in [0.3, 0.4) is 0 Å². The Bertz CT molecular complexity index is 630. The van der Waals surface area contributed by atoms with Crippen LogP contribution in [0.25, 0.3) is 0 Å². The van der Waals surface area contributed by atoms with Crippen molar-refractivity contribution < 1.29 is 13.9 Å². The molecule has 0 spiro atoms. The third kappa shape index (κ3) is 5.57. The number of hydrogen-bond donors (Lipinski definition) is 1. The summed E-state index contributed by atoms with van der Waals surface area (Å²) in [5, 5.41) is 2.85. The highest BCUT2D eigenvalue weighted by Crippen LogP contribution is 2.11. The number of halogens is 1. The first kappa shape index (κ1) is 17.8. The first-order valence-electron chi connectivity index (χ1n) is 8.03. The predicted octanol–water partition coefficient (Wildman–Crippen LogP) is 3.82. The van der Waals surface area contributed by atoms with Gasteiger partial charge in [-0.3, -0.25) is 0 Å². The standard InChI is InChI=1S/C19H23FN2O2/c1-15(2)22(14-16-6-4-3-5-7-16)19(23)21-12-13-24-18-10-8-17(20)9-11-18/h3-11,15H,12-14H2,1-2H3,(H,21,23). The second-order valence-corrected chi connectivity index (χ2v) is 5.74. The molecule has 24 heavy (non-hydrogen) atoms. The van der Waals surface area contributed by atoms with Crippen LogP contribution in [0.1, 0.15) is 19.4 Å². The van der Waals surface area contributed by atoms with Crippen molar-refractivity contribution >= 4 is 6.03 Å². The quantitative estimate of drug-likeness (QED) is 0.784. The van der Waals surface area contributed by atoms with E-state index < -0.39 is 0 Å². The molecule has 2 aromatic carbocycles. The van der Waals surface area contributed by atoms with Gasteiger partial charge in [-0.05, 0) is 43.7 Å². The molecule has 128 valence electrons. The van der Waals surface area contributed by atoms with Gasteiger partial charge in [0.1, 0.15) is 18.2 Å². The van der Waals surface area contributed by atoms with Crippen LogP contribution in [-0.2, 0) is 6.54 Å². The average molecular weight is 330 g/mol. The van der Waals surface area contributed by atoms with Crippen LogP contribution in [0.2, 0.25) is 0 Å². The zero-order chi connectivity index (χ0) is 17.4. The number of carbonyl (C=O) groups is 1. The van der Waals surface area contributed by atoms with Crippen LogP contribution in [-0.4, -0.2) is 30.1 Å². The van der Waals surface area contributed by atoms with E-state index in [0.29, 0.717) is 25.4 Å². The molecule has 0 aliphatic carbocycles. The molecule has 0 saturated heterocycles. The largest absolute Gasteiger partial charge is 0.492 e. The Balaban J connectivity index is 1.79. The fourth-order valence-corrected chi connectivity index (χ4v) is 2.23. The fourth-order valence-electron chi connectivity index (χ4n) is 2.23. The molecule has 2 amide bonds. The minimum absolute atomic E-state index is 0.0863. The van der Waals surface area contributed by atoms with E-state index in [2.05, 4.69) is 5.32 Å². The van der Waals surface area contributed by atoms with Gasteiger partial charge in [0.25, 0.3) is 0 Å². The lowest BCUT2D eigenvalue weighted by atomic mass is 10.2. The first-order chi connectivity index (χ1) is 11.6. The van der Waals surface area contributed by atoms with Gasteiger partial charge in [0, 0.05) is 12.6 Å². The molecule has 0 aliphatic heterocycles. The maximum atomic E-state index is 12.8. The number of ether oxygens (including phenoxy) is 1. The molecule has 0 aliphatic rings. The number of urea groups is 1. The van der Waals surface area contributed by atoms with E-state index in [1.807, 2.05) is 44.2 Å². The van der Waals surface area contributed by atoms with E-state index in [9.17, 15) is 9.18 Å². The number of carbonyl (C=O) groups excluding carboxylic acids is 1. The lowest BCUT2D eigenvalue weighted by Gasteiger charge is -2.27. The van der Waals surface area contributed by atoms with Crippen LogP contribution < -0.4 is 10.1 Å². The number of benzene rings is 2. The second-order valence-electron chi connectivity index (χ2n) is 5.74. The minimum Gasteiger partial charge on any atom is -0.492 e. The van der Waals surface area contributed by atoms with Crippen molar-refractivity contribution in [1.82, 2.24) is 10.2 Å². The van der Waals surface area contributed by atoms with E-state index in [4.69, 9.17) is 4.74 Å². The summed E-state index contributed by atoms with van der Waals surface area (Å²) in [6.07, 6.45) is 0. The van der Waals surface area contributed by atoms with Crippen LogP contribution >= 0.6 is 0 Å². The molecule has 0 radical (unpaired) electrons. The molecular formula is C19H23FN2O2. The molecule has 0 aromatic heterocycles. The van der Waals surface area contributed by atoms with Gasteiger partial charge in [0.15, 0.2) is 0 Å². The summed E-state index contributed by atoms with van der Waals surface area (Å²) >= 11 is 0. The summed E-state index contributed by atoms with van der Waals surface area (Å²) in [6, 6.07) is 15.6. The molecule has 2 aromatic rings. The molecule has 0 saturated carbocycles. The van der Waals surface area contributed by atoms with Gasteiger partial charge < -0.3 is 15.0 Å². The molecule has 4 nitrogen and oxygen atoms in total. The van der Waals surface area contributed by atoms with Crippen molar-refractivity contribution in [2.24, 2.45) is 0 Å². The minimum atomic E-state index is -0.302. The zero-order valence-electron chi connectivity index (χ0n) is 14.0. The Hall–Kier alpha value is -2.56. The maximum absolute atomic E-state index is 12.8. The molecule has 1 N–H and O–H groups in total. The normalized spacial score (nSPS) is 10.5. The van der Waals surface area contributed by atoms with Crippen molar-refractivity contribution in [3.8, 4) is 5.75 Å². The van der Waals surface area contributed by atoms with Gasteiger partial charge in [-0.25, -0.2) is 9.18 Å². The SMILES string of the molecule is CC(C)N(Cc1ccccc1)C(=O)NCCOc1ccc(F)cc1. The Morgan fingerprint density at radius 2 is 1.79 bits per heavy atom. The van der Waals surface area contributed by atoms with Gasteiger partial charge >= 0.3 is 6.03 Å². The highest BCUT2D eigenvalue weighted by atomic mass is 19.1. The van der Waals surface area contributed by atoms with Crippen molar-refractivity contribution in [1.29, 1.82) is 0 Å². The highest BCUT2D eigenvalue weighted by molar-refractivity contribution is 5.74. The lowest BCUT2D eigenvalue weighted by Crippen LogP contribution is -2.44. The number of nitrogens with zero attached hydrogens (tertiary/aromatic N) is 1. The van der Waals surface area contributed by atoms with Gasteiger partial charge in [-0.15, -0.1) is 0 Å². The van der Waals surface area contributed by atoms with Crippen molar-refractivity contribution in [3.63, 3.8) is 0 Å². The van der Waals surface area contributed by atoms with Gasteiger partial charge in [0.2, 0.25) is 0 Å². The number of hydrogen-bond acceptors (Lipinski definition) is 2. The lowest BCUT2D eigenvalue weighted by molar-refractivity contribution is 0.177. The van der Waals surface area contributed by atoms with Gasteiger partial charge in [-0.1, -0.05) is 30.3 Å². The summed E-state index contributed by atoms with van der Waals surface area (Å²) < 4.78 is 18.3. The summed E-state index contributed by atoms with van der Waals surface area (Å²) in [4.78, 5) is 14.1. The zero-order valence-corrected chi connectivity index (χ0v) is 14.0. The number of rotatable bonds is 7. The van der Waals surface area contributed by atoms with E-state index in [1.54, 1.807) is 17.0 Å². The Morgan fingerprint density at radius 1 is 1.12 bits per heavy atom. The monoisotopic (exact) mass is 330 g/mol. The average Bonchev–Trinajstić information content (AvgIpc) is 2.58. The first-order valence-corrected chi connectivity index (χ1v) is 8.03. The fraction of sp³-hybridized carbons (Fsp3) is 0.316. The topological polar surface area (TPSA) is 41.6 Å². The Kier molecular flexibility index (Phi) is 6.61. The van der Waals surface area contributed by atoms with Gasteiger partial charge in [0.05, 0.1) is 6.54 Å². The summed E-state index contributed by atoms with van der Waals surface area (Å²) in [5.41, 5.74) is 1.09. The number of nitrogens with one attached hydrogen (secondary N) is 1. The predicted molar refractivity (Wildman–Crippen MR) is 92.4 cm³/mol. The summed E-state index contributed by atoms with van der Waals surface area (Å²) in [5.74, 6) is 0.278. The maximum Gasteiger partial charge on any atom is 0.318 e. The number of amides is 2. The Labute approximate surface area is 142 Å². The molecule has 0 atom stereocenters. The molecular weight excluding hydrogens is 307 g/mol. The molecule has 0 heterocycles. The smallest absolute Gasteiger partial charge is 0.318 e. The van der Waals surface area contributed by atoms with Crippen LogP contribution in [0.15, 0.2) is 54.6 Å². The Morgan fingerprint density at radius 3 is 2.42 bits per heavy atom. The highest BCUT2D eigenvalue weighted by Gasteiger charge is 2.16. The molecule has 0 fully saturated rings. The van der Waals surface area contributed by atoms with Crippen LogP contribution in [0.5, 0.6) is 5.75 Å². The summed E-state index contributed by atoms with van der Waals surface area (Å²) in [6.45, 7) is 5.24. The van der Waals surface area contributed by atoms with E-state index >= 15 is 0 Å². The van der Waals surface area contributed by atoms with E-state index in [-0.39, 0.29) is 17.9 Å². The van der Waals surface area contributed by atoms with Crippen LogP contribution in [0, 0.1) is 5.82 Å². The van der Waals surface area contributed by atoms with Crippen LogP contribution in [0.4, 0.5) is 9.18 Å².